The first-order valence-electron chi connectivity index (χ1n) is 10.4. The molecule has 4 aliphatic heterocycles. The Kier molecular flexibility index (Phi) is 4.87. The number of piperidine rings is 3. The molecule has 0 saturated carbocycles. The Bertz CT molecular complexity index is 893. The molecular weight excluding hydrogens is 371 g/mol. The van der Waals surface area contributed by atoms with Gasteiger partial charge in [-0.1, -0.05) is 24.3 Å². The van der Waals surface area contributed by atoms with Gasteiger partial charge in [0.1, 0.15) is 17.7 Å². The van der Waals surface area contributed by atoms with Crippen LogP contribution < -0.4 is 10.1 Å². The van der Waals surface area contributed by atoms with Gasteiger partial charge in [0.25, 0.3) is 0 Å². The van der Waals surface area contributed by atoms with E-state index in [4.69, 9.17) is 9.47 Å². The molecule has 152 valence electrons. The van der Waals surface area contributed by atoms with Crippen LogP contribution in [0.5, 0.6) is 5.75 Å². The SMILES string of the molecule is O=C(NC1CCOc2cc(-c3ccc(F)cc3)ccc21)O[C@@H]1CN2CCC1CC2. The standard InChI is InChI=1S/C23H25FN2O3/c24-18-4-1-15(2-5-18)17-3-6-19-20(9-12-28-21(19)13-17)25-23(27)29-22-14-26-10-7-16(22)8-11-26/h1-6,13,16,20,22H,7-12,14H2,(H,25,27)/t20?,22-/m1/s1. The van der Waals surface area contributed by atoms with Crippen molar-refractivity contribution >= 4 is 6.09 Å². The lowest BCUT2D eigenvalue weighted by Gasteiger charge is -2.44. The smallest absolute Gasteiger partial charge is 0.407 e. The van der Waals surface area contributed by atoms with E-state index in [-0.39, 0.29) is 24.1 Å². The molecule has 5 nitrogen and oxygen atoms in total. The molecule has 1 N–H and O–H groups in total. The van der Waals surface area contributed by atoms with E-state index in [9.17, 15) is 9.18 Å². The second kappa shape index (κ2) is 7.67. The fraction of sp³-hybridized carbons (Fsp3) is 0.435. The lowest BCUT2D eigenvalue weighted by molar-refractivity contribution is -0.0342. The fourth-order valence-corrected chi connectivity index (χ4v) is 4.72. The molecule has 2 aromatic rings. The third-order valence-corrected chi connectivity index (χ3v) is 6.38. The monoisotopic (exact) mass is 396 g/mol. The summed E-state index contributed by atoms with van der Waals surface area (Å²) in [6.45, 7) is 3.62. The van der Waals surface area contributed by atoms with Crippen molar-refractivity contribution in [3.8, 4) is 16.9 Å². The van der Waals surface area contributed by atoms with Gasteiger partial charge in [0, 0.05) is 18.5 Å². The molecule has 2 bridgehead atoms. The van der Waals surface area contributed by atoms with E-state index in [2.05, 4.69) is 10.2 Å². The van der Waals surface area contributed by atoms with E-state index >= 15 is 0 Å². The lowest BCUT2D eigenvalue weighted by atomic mass is 9.86. The number of carbonyl (C=O) groups excluding carboxylic acids is 1. The third-order valence-electron chi connectivity index (χ3n) is 6.38. The summed E-state index contributed by atoms with van der Waals surface area (Å²) in [4.78, 5) is 14.9. The molecule has 6 heteroatoms. The van der Waals surface area contributed by atoms with Crippen molar-refractivity contribution in [1.82, 2.24) is 10.2 Å². The highest BCUT2D eigenvalue weighted by molar-refractivity contribution is 5.70. The molecule has 2 aromatic carbocycles. The van der Waals surface area contributed by atoms with E-state index in [0.717, 1.165) is 54.9 Å². The van der Waals surface area contributed by atoms with Crippen LogP contribution >= 0.6 is 0 Å². The Labute approximate surface area is 169 Å². The van der Waals surface area contributed by atoms with Crippen LogP contribution in [0, 0.1) is 11.7 Å². The highest BCUT2D eigenvalue weighted by Crippen LogP contribution is 2.36. The maximum atomic E-state index is 13.2. The number of amides is 1. The van der Waals surface area contributed by atoms with Crippen LogP contribution in [0.1, 0.15) is 30.9 Å². The van der Waals surface area contributed by atoms with Gasteiger partial charge in [0.05, 0.1) is 12.6 Å². The second-order valence-corrected chi connectivity index (χ2v) is 8.18. The van der Waals surface area contributed by atoms with E-state index in [1.165, 1.54) is 12.1 Å². The molecule has 4 heterocycles. The quantitative estimate of drug-likeness (QED) is 0.847. The Morgan fingerprint density at radius 1 is 1.07 bits per heavy atom. The van der Waals surface area contributed by atoms with Gasteiger partial charge in [-0.25, -0.2) is 9.18 Å². The van der Waals surface area contributed by atoms with Crippen molar-refractivity contribution in [2.75, 3.05) is 26.2 Å². The van der Waals surface area contributed by atoms with Crippen LogP contribution in [0.15, 0.2) is 42.5 Å². The van der Waals surface area contributed by atoms with Gasteiger partial charge in [-0.3, -0.25) is 4.90 Å². The number of fused-ring (bicyclic) bond motifs is 4. The average Bonchev–Trinajstić information content (AvgIpc) is 2.75. The van der Waals surface area contributed by atoms with Gasteiger partial charge in [0.15, 0.2) is 0 Å². The number of carbonyl (C=O) groups is 1. The Morgan fingerprint density at radius 3 is 2.55 bits per heavy atom. The molecule has 2 atom stereocenters. The highest BCUT2D eigenvalue weighted by atomic mass is 19.1. The van der Waals surface area contributed by atoms with E-state index in [0.29, 0.717) is 18.9 Å². The van der Waals surface area contributed by atoms with Crippen molar-refractivity contribution in [2.24, 2.45) is 5.92 Å². The van der Waals surface area contributed by atoms with Gasteiger partial charge < -0.3 is 14.8 Å². The van der Waals surface area contributed by atoms with Crippen LogP contribution in [-0.4, -0.2) is 43.3 Å². The number of ether oxygens (including phenoxy) is 2. The van der Waals surface area contributed by atoms with Gasteiger partial charge in [0.2, 0.25) is 0 Å². The minimum Gasteiger partial charge on any atom is -0.493 e. The summed E-state index contributed by atoms with van der Waals surface area (Å²) in [5.41, 5.74) is 2.84. The summed E-state index contributed by atoms with van der Waals surface area (Å²) in [7, 11) is 0. The van der Waals surface area contributed by atoms with E-state index < -0.39 is 0 Å². The van der Waals surface area contributed by atoms with Crippen molar-refractivity contribution in [3.05, 3.63) is 53.8 Å². The first-order chi connectivity index (χ1) is 14.2. The summed E-state index contributed by atoms with van der Waals surface area (Å²) in [5.74, 6) is 0.992. The van der Waals surface area contributed by atoms with Crippen LogP contribution in [0.2, 0.25) is 0 Å². The molecule has 0 radical (unpaired) electrons. The third kappa shape index (κ3) is 3.81. The Morgan fingerprint density at radius 2 is 1.83 bits per heavy atom. The first-order valence-corrected chi connectivity index (χ1v) is 10.4. The van der Waals surface area contributed by atoms with Crippen LogP contribution in [0.25, 0.3) is 11.1 Å². The van der Waals surface area contributed by atoms with Crippen molar-refractivity contribution in [2.45, 2.75) is 31.4 Å². The highest BCUT2D eigenvalue weighted by Gasteiger charge is 2.37. The molecule has 6 rings (SSSR count). The molecule has 0 aromatic heterocycles. The molecular formula is C23H25FN2O3. The molecule has 4 aliphatic rings. The summed E-state index contributed by atoms with van der Waals surface area (Å²) < 4.78 is 24.8. The van der Waals surface area contributed by atoms with Gasteiger partial charge in [-0.2, -0.15) is 0 Å². The number of hydrogen-bond acceptors (Lipinski definition) is 4. The fourth-order valence-electron chi connectivity index (χ4n) is 4.72. The average molecular weight is 396 g/mol. The summed E-state index contributed by atoms with van der Waals surface area (Å²) in [6, 6.07) is 12.2. The molecule has 0 aliphatic carbocycles. The number of nitrogens with one attached hydrogen (secondary N) is 1. The normalized spacial score (nSPS) is 27.6. The molecule has 3 fully saturated rings. The zero-order chi connectivity index (χ0) is 19.8. The summed E-state index contributed by atoms with van der Waals surface area (Å²) in [5, 5.41) is 3.04. The lowest BCUT2D eigenvalue weighted by Crippen LogP contribution is -2.52. The Balaban J connectivity index is 1.28. The van der Waals surface area contributed by atoms with Crippen molar-refractivity contribution in [3.63, 3.8) is 0 Å². The van der Waals surface area contributed by atoms with Crippen LogP contribution in [-0.2, 0) is 4.74 Å². The van der Waals surface area contributed by atoms with Crippen molar-refractivity contribution < 1.29 is 18.7 Å². The van der Waals surface area contributed by atoms with Crippen LogP contribution in [0.3, 0.4) is 0 Å². The minimum atomic E-state index is -0.343. The Hall–Kier alpha value is -2.60. The maximum Gasteiger partial charge on any atom is 0.407 e. The van der Waals surface area contributed by atoms with Gasteiger partial charge in [-0.15, -0.1) is 0 Å². The zero-order valence-corrected chi connectivity index (χ0v) is 16.3. The predicted molar refractivity (Wildman–Crippen MR) is 107 cm³/mol. The van der Waals surface area contributed by atoms with Gasteiger partial charge >= 0.3 is 6.09 Å². The number of alkyl carbamates (subject to hydrolysis) is 1. The minimum absolute atomic E-state index is 0.00216. The summed E-state index contributed by atoms with van der Waals surface area (Å²) in [6.07, 6.45) is 2.59. The molecule has 3 saturated heterocycles. The molecule has 29 heavy (non-hydrogen) atoms. The number of hydrogen-bond donors (Lipinski definition) is 1. The number of benzene rings is 2. The number of halogens is 1. The van der Waals surface area contributed by atoms with E-state index in [1.54, 1.807) is 12.1 Å². The number of rotatable bonds is 3. The van der Waals surface area contributed by atoms with Gasteiger partial charge in [-0.05, 0) is 61.2 Å². The first kappa shape index (κ1) is 18.4. The molecule has 1 unspecified atom stereocenters. The summed E-state index contributed by atoms with van der Waals surface area (Å²) >= 11 is 0. The zero-order valence-electron chi connectivity index (χ0n) is 16.3. The largest absolute Gasteiger partial charge is 0.493 e. The maximum absolute atomic E-state index is 13.2. The topological polar surface area (TPSA) is 50.8 Å². The molecule has 0 spiro atoms. The molecule has 1 amide bonds. The predicted octanol–water partition coefficient (Wildman–Crippen LogP) is 4.14. The number of nitrogens with zero attached hydrogens (tertiary/aromatic N) is 1. The second-order valence-electron chi connectivity index (χ2n) is 8.18. The van der Waals surface area contributed by atoms with Crippen LogP contribution in [0.4, 0.5) is 9.18 Å². The van der Waals surface area contributed by atoms with E-state index in [1.807, 2.05) is 18.2 Å². The van der Waals surface area contributed by atoms with Crippen molar-refractivity contribution in [1.29, 1.82) is 0 Å².